The topological polar surface area (TPSA) is 128 Å². The van der Waals surface area contributed by atoms with Crippen LogP contribution in [0.25, 0.3) is 0 Å². The van der Waals surface area contributed by atoms with Crippen molar-refractivity contribution in [3.8, 4) is 11.5 Å². The van der Waals surface area contributed by atoms with E-state index in [0.29, 0.717) is 54.5 Å². The number of hydrogen-bond acceptors (Lipinski definition) is 9. The molecule has 0 fully saturated rings. The molecule has 258 valence electrons. The third-order valence-electron chi connectivity index (χ3n) is 7.40. The van der Waals surface area contributed by atoms with Crippen LogP contribution in [0.15, 0.2) is 71.7 Å². The molecular weight excluding hydrogens is 657 g/mol. The van der Waals surface area contributed by atoms with E-state index in [-0.39, 0.29) is 30.4 Å². The molecule has 4 rings (SSSR count). The zero-order chi connectivity index (χ0) is 34.7. The van der Waals surface area contributed by atoms with E-state index in [1.165, 1.54) is 0 Å². The lowest BCUT2D eigenvalue weighted by Gasteiger charge is -2.31. The maximum atomic E-state index is 14.3. The Labute approximate surface area is 291 Å². The molecular formula is C36H43Cl2N3O7. The van der Waals surface area contributed by atoms with Gasteiger partial charge in [-0.15, -0.1) is 0 Å². The number of carbonyl (C=O) groups excluding carboxylic acids is 2. The van der Waals surface area contributed by atoms with Crippen LogP contribution in [0.5, 0.6) is 11.5 Å². The van der Waals surface area contributed by atoms with Gasteiger partial charge in [0.1, 0.15) is 17.1 Å². The van der Waals surface area contributed by atoms with Gasteiger partial charge in [-0.2, -0.15) is 0 Å². The minimum absolute atomic E-state index is 0.0280. The minimum Gasteiger partial charge on any atom is -0.494 e. The van der Waals surface area contributed by atoms with Crippen molar-refractivity contribution in [3.63, 3.8) is 0 Å². The molecule has 3 N–H and O–H groups in total. The fraction of sp³-hybridized carbons (Fsp3) is 0.417. The van der Waals surface area contributed by atoms with Crippen molar-refractivity contribution in [3.05, 3.63) is 93.5 Å². The molecule has 2 atom stereocenters. The summed E-state index contributed by atoms with van der Waals surface area (Å²) in [7, 11) is 0. The van der Waals surface area contributed by atoms with Crippen molar-refractivity contribution >= 4 is 41.0 Å². The number of aliphatic hydroxyl groups excluding tert-OH is 1. The summed E-state index contributed by atoms with van der Waals surface area (Å²) < 4.78 is 23.5. The first-order valence-corrected chi connectivity index (χ1v) is 16.7. The van der Waals surface area contributed by atoms with Gasteiger partial charge in [-0.3, -0.25) is 15.0 Å². The minimum atomic E-state index is -1.63. The number of halogens is 2. The van der Waals surface area contributed by atoms with Crippen LogP contribution in [0.1, 0.15) is 69.8 Å². The smallest absolute Gasteiger partial charge is 0.306 e. The van der Waals surface area contributed by atoms with Gasteiger partial charge in [-0.25, -0.2) is 10.4 Å². The molecule has 12 heteroatoms. The SMILES string of the molecule is CCOc1ccccc1CCNNC(=O)[C@@]1(CCC(=O)OC(C)(C)C)N=C(c2ccc(OCCCO)cc2)O[C@H]1c1ccc(Cl)cc1Cl. The molecule has 1 aliphatic rings. The quantitative estimate of drug-likeness (QED) is 0.0891. The van der Waals surface area contributed by atoms with E-state index in [0.717, 1.165) is 11.3 Å². The standard InChI is InChI=1S/C36H43Cl2N3O7/c1-5-45-30-10-7-6-9-24(30)18-20-39-41-34(44)36(19-17-31(43)48-35(2,3)4)32(28-16-13-26(37)23-29(28)38)47-33(40-36)25-11-14-27(15-12-25)46-22-8-21-42/h6-7,9-16,23,32,39,42H,5,8,17-22H2,1-4H3,(H,41,44)/t32-,36-/m0/s1. The first kappa shape index (κ1) is 37.0. The fourth-order valence-electron chi connectivity index (χ4n) is 5.20. The molecule has 1 heterocycles. The molecule has 0 saturated carbocycles. The summed E-state index contributed by atoms with van der Waals surface area (Å²) in [6, 6.07) is 19.7. The third kappa shape index (κ3) is 9.85. The van der Waals surface area contributed by atoms with Crippen LogP contribution >= 0.6 is 23.2 Å². The van der Waals surface area contributed by atoms with Gasteiger partial charge in [0, 0.05) is 47.2 Å². The summed E-state index contributed by atoms with van der Waals surface area (Å²) in [4.78, 5) is 32.2. The zero-order valence-corrected chi connectivity index (χ0v) is 29.2. The first-order chi connectivity index (χ1) is 23.0. The molecule has 0 aromatic heterocycles. The molecule has 0 unspecified atom stereocenters. The Kier molecular flexibility index (Phi) is 13.1. The van der Waals surface area contributed by atoms with Gasteiger partial charge in [-0.1, -0.05) is 47.5 Å². The maximum absolute atomic E-state index is 14.3. The van der Waals surface area contributed by atoms with Crippen LogP contribution in [0, 0.1) is 0 Å². The number of aliphatic imine (C=N–C) groups is 1. The van der Waals surface area contributed by atoms with E-state index in [1.54, 1.807) is 63.2 Å². The van der Waals surface area contributed by atoms with Crippen LogP contribution in [0.2, 0.25) is 10.0 Å². The second kappa shape index (κ2) is 17.0. The number of nitrogens with one attached hydrogen (secondary N) is 2. The van der Waals surface area contributed by atoms with Crippen molar-refractivity contribution < 1.29 is 33.6 Å². The van der Waals surface area contributed by atoms with Gasteiger partial charge in [0.15, 0.2) is 11.6 Å². The van der Waals surface area contributed by atoms with Crippen LogP contribution in [0.3, 0.4) is 0 Å². The van der Waals surface area contributed by atoms with Crippen molar-refractivity contribution in [2.75, 3.05) is 26.4 Å². The number of aliphatic hydroxyl groups is 1. The summed E-state index contributed by atoms with van der Waals surface area (Å²) >= 11 is 12.9. The van der Waals surface area contributed by atoms with Crippen molar-refractivity contribution in [1.82, 2.24) is 10.9 Å². The maximum Gasteiger partial charge on any atom is 0.306 e. The van der Waals surface area contributed by atoms with Crippen LogP contribution < -0.4 is 20.3 Å². The molecule has 0 bridgehead atoms. The Bertz CT molecular complexity index is 1580. The number of rotatable bonds is 16. The van der Waals surface area contributed by atoms with Crippen molar-refractivity contribution in [2.45, 2.75) is 70.6 Å². The highest BCUT2D eigenvalue weighted by Crippen LogP contribution is 2.45. The Morgan fingerprint density at radius 3 is 2.48 bits per heavy atom. The molecule has 48 heavy (non-hydrogen) atoms. The van der Waals surface area contributed by atoms with Gasteiger partial charge in [-0.05, 0) is 88.6 Å². The summed E-state index contributed by atoms with van der Waals surface area (Å²) in [6.07, 6.45) is -0.0976. The van der Waals surface area contributed by atoms with Gasteiger partial charge in [0.25, 0.3) is 5.91 Å². The highest BCUT2D eigenvalue weighted by Gasteiger charge is 2.54. The van der Waals surface area contributed by atoms with Gasteiger partial charge in [0.05, 0.1) is 13.2 Å². The van der Waals surface area contributed by atoms with Crippen LogP contribution in [-0.2, 0) is 25.5 Å². The highest BCUT2D eigenvalue weighted by atomic mass is 35.5. The van der Waals surface area contributed by atoms with Gasteiger partial charge < -0.3 is 24.1 Å². The fourth-order valence-corrected chi connectivity index (χ4v) is 5.71. The summed E-state index contributed by atoms with van der Waals surface area (Å²) in [6.45, 7) is 8.59. The Morgan fingerprint density at radius 2 is 1.79 bits per heavy atom. The molecule has 0 aliphatic carbocycles. The molecule has 3 aromatic carbocycles. The first-order valence-electron chi connectivity index (χ1n) is 16.0. The predicted octanol–water partition coefficient (Wildman–Crippen LogP) is 6.40. The lowest BCUT2D eigenvalue weighted by Crippen LogP contribution is -2.53. The van der Waals surface area contributed by atoms with E-state index in [4.69, 9.17) is 52.2 Å². The van der Waals surface area contributed by atoms with E-state index in [2.05, 4.69) is 10.9 Å². The summed E-state index contributed by atoms with van der Waals surface area (Å²) in [5.74, 6) is 0.580. The van der Waals surface area contributed by atoms with Crippen molar-refractivity contribution in [2.24, 2.45) is 4.99 Å². The number of hydrogen-bond donors (Lipinski definition) is 3. The van der Waals surface area contributed by atoms with Crippen LogP contribution in [-0.4, -0.2) is 60.4 Å². The normalized spacial score (nSPS) is 17.3. The van der Waals surface area contributed by atoms with E-state index >= 15 is 0 Å². The number of benzene rings is 3. The molecule has 1 amide bonds. The Hall–Kier alpha value is -3.83. The number of carbonyl (C=O) groups is 2. The third-order valence-corrected chi connectivity index (χ3v) is 7.96. The number of para-hydroxylation sites is 1. The molecule has 3 aromatic rings. The lowest BCUT2D eigenvalue weighted by molar-refractivity contribution is -0.155. The second-order valence-electron chi connectivity index (χ2n) is 12.2. The molecule has 0 saturated heterocycles. The lowest BCUT2D eigenvalue weighted by atomic mass is 9.83. The average Bonchev–Trinajstić information content (AvgIpc) is 3.43. The molecule has 1 aliphatic heterocycles. The second-order valence-corrected chi connectivity index (χ2v) is 13.1. The number of nitrogens with zero attached hydrogens (tertiary/aromatic N) is 1. The van der Waals surface area contributed by atoms with Crippen molar-refractivity contribution in [1.29, 1.82) is 0 Å². The average molecular weight is 701 g/mol. The Balaban J connectivity index is 1.67. The molecule has 0 radical (unpaired) electrons. The Morgan fingerprint density at radius 1 is 1.04 bits per heavy atom. The van der Waals surface area contributed by atoms with Gasteiger partial charge in [0.2, 0.25) is 5.90 Å². The number of ether oxygens (including phenoxy) is 4. The largest absolute Gasteiger partial charge is 0.494 e. The summed E-state index contributed by atoms with van der Waals surface area (Å²) in [5.41, 5.74) is 5.56. The predicted molar refractivity (Wildman–Crippen MR) is 186 cm³/mol. The number of esters is 1. The molecule has 10 nitrogen and oxygen atoms in total. The van der Waals surface area contributed by atoms with E-state index < -0.39 is 29.1 Å². The highest BCUT2D eigenvalue weighted by molar-refractivity contribution is 6.35. The number of amides is 1. The monoisotopic (exact) mass is 699 g/mol. The summed E-state index contributed by atoms with van der Waals surface area (Å²) in [5, 5.41) is 9.76. The zero-order valence-electron chi connectivity index (χ0n) is 27.7. The van der Waals surface area contributed by atoms with Crippen LogP contribution in [0.4, 0.5) is 0 Å². The molecule has 0 spiro atoms. The van der Waals surface area contributed by atoms with E-state index in [9.17, 15) is 9.59 Å². The van der Waals surface area contributed by atoms with Gasteiger partial charge >= 0.3 is 5.97 Å². The number of hydrazine groups is 1. The van der Waals surface area contributed by atoms with E-state index in [1.807, 2.05) is 31.2 Å².